The first-order chi connectivity index (χ1) is 8.72. The van der Waals surface area contributed by atoms with Gasteiger partial charge in [0.05, 0.1) is 6.61 Å². The summed E-state index contributed by atoms with van der Waals surface area (Å²) in [5.41, 5.74) is 6.23. The number of carbonyl (C=O) groups excluding carboxylic acids is 1. The lowest BCUT2D eigenvalue weighted by molar-refractivity contribution is -0.128. The van der Waals surface area contributed by atoms with Gasteiger partial charge in [-0.3, -0.25) is 4.79 Å². The fourth-order valence-corrected chi connectivity index (χ4v) is 3.54. The molecule has 2 atom stereocenters. The van der Waals surface area contributed by atoms with E-state index in [1.54, 1.807) is 0 Å². The van der Waals surface area contributed by atoms with Crippen LogP contribution in [0.1, 0.15) is 39.0 Å². The monoisotopic (exact) mass is 290 g/mol. The zero-order valence-corrected chi connectivity index (χ0v) is 12.6. The van der Waals surface area contributed by atoms with Gasteiger partial charge in [-0.15, -0.1) is 12.4 Å². The number of amides is 1. The van der Waals surface area contributed by atoms with Crippen LogP contribution < -0.4 is 11.1 Å². The van der Waals surface area contributed by atoms with Crippen LogP contribution >= 0.6 is 12.4 Å². The van der Waals surface area contributed by atoms with Crippen molar-refractivity contribution in [2.45, 2.75) is 45.1 Å². The van der Waals surface area contributed by atoms with Crippen molar-refractivity contribution in [1.29, 1.82) is 0 Å². The van der Waals surface area contributed by atoms with Gasteiger partial charge in [0.2, 0.25) is 5.91 Å². The van der Waals surface area contributed by atoms with E-state index in [4.69, 9.17) is 10.5 Å². The van der Waals surface area contributed by atoms with E-state index in [9.17, 15) is 4.79 Å². The third-order valence-corrected chi connectivity index (χ3v) is 4.53. The lowest BCUT2D eigenvalue weighted by atomic mass is 9.65. The van der Waals surface area contributed by atoms with E-state index in [-0.39, 0.29) is 24.2 Å². The number of nitrogens with two attached hydrogens (primary N) is 1. The maximum atomic E-state index is 12.1. The van der Waals surface area contributed by atoms with Crippen LogP contribution in [0.2, 0.25) is 0 Å². The number of carbonyl (C=O) groups is 1. The largest absolute Gasteiger partial charge is 0.380 e. The number of fused-ring (bicyclic) bond motifs is 2. The van der Waals surface area contributed by atoms with E-state index in [1.807, 2.05) is 6.92 Å². The molecule has 2 saturated carbocycles. The van der Waals surface area contributed by atoms with Crippen molar-refractivity contribution in [1.82, 2.24) is 5.32 Å². The summed E-state index contributed by atoms with van der Waals surface area (Å²) in [6.07, 6.45) is 5.68. The van der Waals surface area contributed by atoms with Gasteiger partial charge in [0.1, 0.15) is 0 Å². The van der Waals surface area contributed by atoms with Crippen LogP contribution in [-0.2, 0) is 9.53 Å². The first-order valence-corrected chi connectivity index (χ1v) is 7.33. The van der Waals surface area contributed by atoms with Gasteiger partial charge >= 0.3 is 0 Å². The molecule has 0 spiro atoms. The highest BCUT2D eigenvalue weighted by molar-refractivity contribution is 5.85. The van der Waals surface area contributed by atoms with E-state index in [0.29, 0.717) is 37.6 Å². The Morgan fingerprint density at radius 1 is 1.32 bits per heavy atom. The van der Waals surface area contributed by atoms with Crippen molar-refractivity contribution in [3.8, 4) is 0 Å². The first kappa shape index (κ1) is 16.7. The van der Waals surface area contributed by atoms with E-state index in [1.165, 1.54) is 19.3 Å². The van der Waals surface area contributed by atoms with Crippen LogP contribution in [0.3, 0.4) is 0 Å². The molecule has 2 bridgehead atoms. The van der Waals surface area contributed by atoms with Gasteiger partial charge in [-0.05, 0) is 44.4 Å². The van der Waals surface area contributed by atoms with Crippen LogP contribution in [0.25, 0.3) is 0 Å². The molecular formula is C14H27ClN2O2. The Kier molecular flexibility index (Phi) is 7.11. The molecule has 0 heterocycles. The smallest absolute Gasteiger partial charge is 0.223 e. The van der Waals surface area contributed by atoms with Crippen LogP contribution in [-0.4, -0.2) is 31.7 Å². The summed E-state index contributed by atoms with van der Waals surface area (Å²) in [6, 6.07) is 0.339. The summed E-state index contributed by atoms with van der Waals surface area (Å²) in [4.78, 5) is 12.1. The molecule has 0 radical (unpaired) electrons. The molecule has 2 fully saturated rings. The van der Waals surface area contributed by atoms with E-state index >= 15 is 0 Å². The molecule has 3 N–H and O–H groups in total. The maximum Gasteiger partial charge on any atom is 0.223 e. The van der Waals surface area contributed by atoms with E-state index in [2.05, 4.69) is 5.32 Å². The number of halogens is 1. The summed E-state index contributed by atoms with van der Waals surface area (Å²) in [7, 11) is 0. The van der Waals surface area contributed by atoms with Crippen molar-refractivity contribution in [2.24, 2.45) is 23.5 Å². The Bertz CT molecular complexity index is 275. The molecule has 0 aromatic heterocycles. The Hall–Kier alpha value is -0.320. The summed E-state index contributed by atoms with van der Waals surface area (Å²) < 4.78 is 5.23. The molecule has 0 aromatic carbocycles. The molecular weight excluding hydrogens is 264 g/mol. The minimum atomic E-state index is 0. The number of ether oxygens (including phenoxy) is 1. The van der Waals surface area contributed by atoms with Gasteiger partial charge in [-0.2, -0.15) is 0 Å². The highest BCUT2D eigenvalue weighted by atomic mass is 35.5. The summed E-state index contributed by atoms with van der Waals surface area (Å²) in [6.45, 7) is 3.91. The van der Waals surface area contributed by atoms with Crippen molar-refractivity contribution < 1.29 is 9.53 Å². The van der Waals surface area contributed by atoms with Gasteiger partial charge in [-0.25, -0.2) is 0 Å². The Balaban J connectivity index is 0.00000180. The first-order valence-electron chi connectivity index (χ1n) is 7.33. The van der Waals surface area contributed by atoms with E-state index in [0.717, 1.165) is 12.8 Å². The zero-order chi connectivity index (χ0) is 13.0. The van der Waals surface area contributed by atoms with E-state index < -0.39 is 0 Å². The molecule has 19 heavy (non-hydrogen) atoms. The molecule has 1 amide bonds. The second-order valence-electron chi connectivity index (χ2n) is 5.68. The average Bonchev–Trinajstić information content (AvgIpc) is 2.34. The number of hydrogen-bond donors (Lipinski definition) is 2. The number of nitrogens with one attached hydrogen (secondary N) is 1. The second-order valence-corrected chi connectivity index (χ2v) is 5.68. The summed E-state index contributed by atoms with van der Waals surface area (Å²) in [5.74, 6) is 1.53. The van der Waals surface area contributed by atoms with Gasteiger partial charge in [0.25, 0.3) is 0 Å². The lowest BCUT2D eigenvalue weighted by Crippen LogP contribution is -2.49. The fourth-order valence-electron chi connectivity index (χ4n) is 3.54. The standard InChI is InChI=1S/C14H26N2O2.ClH/c1-2-18-7-6-16-14(17)12-8-10-4-3-5-11(9-12)13(10)15;/h10-13H,2-9,15H2,1H3,(H,16,17);1H. The van der Waals surface area contributed by atoms with Crippen LogP contribution in [0.15, 0.2) is 0 Å². The van der Waals surface area contributed by atoms with Gasteiger partial charge < -0.3 is 15.8 Å². The summed E-state index contributed by atoms with van der Waals surface area (Å²) in [5, 5.41) is 2.99. The molecule has 112 valence electrons. The molecule has 0 aliphatic heterocycles. The Morgan fingerprint density at radius 3 is 2.53 bits per heavy atom. The van der Waals surface area contributed by atoms with Crippen molar-refractivity contribution >= 4 is 18.3 Å². The Labute approximate surface area is 122 Å². The lowest BCUT2D eigenvalue weighted by Gasteiger charge is -2.43. The molecule has 2 rings (SSSR count). The highest BCUT2D eigenvalue weighted by Crippen LogP contribution is 2.41. The zero-order valence-electron chi connectivity index (χ0n) is 11.8. The molecule has 5 heteroatoms. The number of hydrogen-bond acceptors (Lipinski definition) is 3. The normalized spacial score (nSPS) is 33.4. The quantitative estimate of drug-likeness (QED) is 0.758. The molecule has 0 saturated heterocycles. The number of rotatable bonds is 5. The molecule has 4 nitrogen and oxygen atoms in total. The third-order valence-electron chi connectivity index (χ3n) is 4.53. The maximum absolute atomic E-state index is 12.1. The predicted molar refractivity (Wildman–Crippen MR) is 78.3 cm³/mol. The van der Waals surface area contributed by atoms with Gasteiger partial charge in [0.15, 0.2) is 0 Å². The van der Waals surface area contributed by atoms with Crippen molar-refractivity contribution in [3.05, 3.63) is 0 Å². The van der Waals surface area contributed by atoms with Crippen LogP contribution in [0.5, 0.6) is 0 Å². The fraction of sp³-hybridized carbons (Fsp3) is 0.929. The van der Waals surface area contributed by atoms with Crippen molar-refractivity contribution in [2.75, 3.05) is 19.8 Å². The molecule has 2 aliphatic carbocycles. The molecule has 2 aliphatic rings. The van der Waals surface area contributed by atoms with Crippen LogP contribution in [0, 0.1) is 17.8 Å². The minimum absolute atomic E-state index is 0. The highest BCUT2D eigenvalue weighted by Gasteiger charge is 2.40. The minimum Gasteiger partial charge on any atom is -0.380 e. The molecule has 0 aromatic rings. The average molecular weight is 291 g/mol. The SMILES string of the molecule is CCOCCNC(=O)C1CC2CCCC(C1)C2N.Cl. The summed E-state index contributed by atoms with van der Waals surface area (Å²) >= 11 is 0. The van der Waals surface area contributed by atoms with Crippen LogP contribution in [0.4, 0.5) is 0 Å². The van der Waals surface area contributed by atoms with Gasteiger partial charge in [0, 0.05) is 25.1 Å². The topological polar surface area (TPSA) is 64.3 Å². The van der Waals surface area contributed by atoms with Gasteiger partial charge in [-0.1, -0.05) is 6.42 Å². The second kappa shape index (κ2) is 8.08. The Morgan fingerprint density at radius 2 is 1.95 bits per heavy atom. The van der Waals surface area contributed by atoms with Crippen molar-refractivity contribution in [3.63, 3.8) is 0 Å². The molecule has 2 unspecified atom stereocenters. The predicted octanol–water partition coefficient (Wildman–Crippen LogP) is 1.71. The third kappa shape index (κ3) is 4.33.